The lowest BCUT2D eigenvalue weighted by Gasteiger charge is -2.34. The maximum Gasteiger partial charge on any atom is 0.232 e. The van der Waals surface area contributed by atoms with E-state index in [9.17, 15) is 13.2 Å². The Balaban J connectivity index is 1.80. The van der Waals surface area contributed by atoms with Gasteiger partial charge in [0.15, 0.2) is 0 Å². The van der Waals surface area contributed by atoms with Gasteiger partial charge in [-0.2, -0.15) is 0 Å². The molecule has 1 unspecified atom stereocenters. The van der Waals surface area contributed by atoms with Crippen molar-refractivity contribution in [1.82, 2.24) is 5.32 Å². The molecule has 2 heterocycles. The first-order valence-electron chi connectivity index (χ1n) is 7.33. The zero-order valence-corrected chi connectivity index (χ0v) is 14.4. The van der Waals surface area contributed by atoms with Gasteiger partial charge in [-0.15, -0.1) is 11.3 Å². The predicted octanol–water partition coefficient (Wildman–Crippen LogP) is 2.32. The zero-order chi connectivity index (χ0) is 16.4. The predicted molar refractivity (Wildman–Crippen MR) is 92.2 cm³/mol. The van der Waals surface area contributed by atoms with Crippen LogP contribution in [0.15, 0.2) is 41.8 Å². The van der Waals surface area contributed by atoms with Gasteiger partial charge in [0.25, 0.3) is 0 Å². The third-order valence-electron chi connectivity index (χ3n) is 3.85. The quantitative estimate of drug-likeness (QED) is 0.920. The first-order chi connectivity index (χ1) is 10.9. The first-order valence-corrected chi connectivity index (χ1v) is 10.1. The van der Waals surface area contributed by atoms with Crippen molar-refractivity contribution >= 4 is 33.0 Å². The molecule has 3 rings (SSSR count). The van der Waals surface area contributed by atoms with Crippen LogP contribution in [-0.4, -0.2) is 27.1 Å². The van der Waals surface area contributed by atoms with Gasteiger partial charge in [0.05, 0.1) is 24.4 Å². The minimum Gasteiger partial charge on any atom is -0.349 e. The van der Waals surface area contributed by atoms with Crippen LogP contribution in [0.2, 0.25) is 0 Å². The van der Waals surface area contributed by atoms with Crippen LogP contribution >= 0.6 is 11.3 Å². The van der Waals surface area contributed by atoms with Crippen molar-refractivity contribution in [3.8, 4) is 0 Å². The molecule has 0 radical (unpaired) electrons. The van der Waals surface area contributed by atoms with Crippen LogP contribution in [0.3, 0.4) is 0 Å². The summed E-state index contributed by atoms with van der Waals surface area (Å²) in [5.74, 6) is -0.0416. The van der Waals surface area contributed by atoms with E-state index in [0.717, 1.165) is 10.4 Å². The number of hydrogen-bond acceptors (Lipinski definition) is 4. The molecule has 1 atom stereocenters. The minimum absolute atomic E-state index is 0.0416. The summed E-state index contributed by atoms with van der Waals surface area (Å²) in [5, 5.41) is 4.98. The fourth-order valence-corrected chi connectivity index (χ4v) is 4.51. The summed E-state index contributed by atoms with van der Waals surface area (Å²) < 4.78 is 25.3. The molecule has 0 fully saturated rings. The average molecular weight is 350 g/mol. The summed E-state index contributed by atoms with van der Waals surface area (Å²) in [6, 6.07) is 11.0. The number of rotatable bonds is 4. The molecule has 1 aromatic carbocycles. The highest BCUT2D eigenvalue weighted by molar-refractivity contribution is 7.92. The second-order valence-electron chi connectivity index (χ2n) is 5.56. The second kappa shape index (κ2) is 6.33. The van der Waals surface area contributed by atoms with Crippen molar-refractivity contribution in [3.63, 3.8) is 0 Å². The fraction of sp³-hybridized carbons (Fsp3) is 0.312. The molecule has 122 valence electrons. The van der Waals surface area contributed by atoms with Gasteiger partial charge < -0.3 is 5.32 Å². The number of nitrogens with zero attached hydrogens (tertiary/aromatic N) is 1. The third kappa shape index (κ3) is 3.56. The number of para-hydroxylation sites is 1. The van der Waals surface area contributed by atoms with Gasteiger partial charge in [-0.3, -0.25) is 9.10 Å². The molecule has 7 heteroatoms. The van der Waals surface area contributed by atoms with Gasteiger partial charge in [-0.05, 0) is 29.5 Å². The van der Waals surface area contributed by atoms with Crippen LogP contribution < -0.4 is 9.62 Å². The molecule has 0 aliphatic carbocycles. The van der Waals surface area contributed by atoms with Gasteiger partial charge in [0, 0.05) is 11.4 Å². The highest BCUT2D eigenvalue weighted by Crippen LogP contribution is 2.35. The molecule has 5 nitrogen and oxygen atoms in total. The molecule has 0 spiro atoms. The lowest BCUT2D eigenvalue weighted by atomic mass is 9.98. The molecule has 1 aliphatic rings. The molecule has 0 saturated heterocycles. The molecule has 23 heavy (non-hydrogen) atoms. The Kier molecular flexibility index (Phi) is 4.41. The minimum atomic E-state index is -3.31. The monoisotopic (exact) mass is 350 g/mol. The van der Waals surface area contributed by atoms with Gasteiger partial charge in [0.2, 0.25) is 15.9 Å². The molecular weight excluding hydrogens is 332 g/mol. The van der Waals surface area contributed by atoms with Crippen molar-refractivity contribution in [2.75, 3.05) is 17.1 Å². The Morgan fingerprint density at radius 1 is 1.30 bits per heavy atom. The van der Waals surface area contributed by atoms with Gasteiger partial charge >= 0.3 is 0 Å². The van der Waals surface area contributed by atoms with Crippen molar-refractivity contribution in [2.24, 2.45) is 0 Å². The highest BCUT2D eigenvalue weighted by atomic mass is 32.2. The number of nitrogens with one attached hydrogen (secondary N) is 1. The van der Waals surface area contributed by atoms with E-state index < -0.39 is 10.0 Å². The molecule has 1 N–H and O–H groups in total. The number of carbonyl (C=O) groups excluding carboxylic acids is 1. The van der Waals surface area contributed by atoms with Crippen LogP contribution in [0.25, 0.3) is 0 Å². The Morgan fingerprint density at radius 3 is 2.78 bits per heavy atom. The van der Waals surface area contributed by atoms with E-state index in [1.54, 1.807) is 17.4 Å². The number of sulfonamides is 1. The van der Waals surface area contributed by atoms with E-state index >= 15 is 0 Å². The van der Waals surface area contributed by atoms with Crippen LogP contribution in [0.1, 0.15) is 22.9 Å². The molecular formula is C16H18N2O3S2. The van der Waals surface area contributed by atoms with E-state index in [1.165, 1.54) is 10.6 Å². The topological polar surface area (TPSA) is 66.5 Å². The fourth-order valence-electron chi connectivity index (χ4n) is 2.84. The summed E-state index contributed by atoms with van der Waals surface area (Å²) >= 11 is 1.55. The Bertz CT molecular complexity index is 800. The molecule has 1 aromatic heterocycles. The number of hydrogen-bond donors (Lipinski definition) is 1. The van der Waals surface area contributed by atoms with Crippen LogP contribution in [0.5, 0.6) is 0 Å². The molecule has 1 aliphatic heterocycles. The lowest BCUT2D eigenvalue weighted by Crippen LogP contribution is -2.40. The van der Waals surface area contributed by atoms with Crippen molar-refractivity contribution < 1.29 is 13.2 Å². The first kappa shape index (κ1) is 16.0. The largest absolute Gasteiger partial charge is 0.349 e. The van der Waals surface area contributed by atoms with Crippen molar-refractivity contribution in [1.29, 1.82) is 0 Å². The maximum atomic E-state index is 12.2. The summed E-state index contributed by atoms with van der Waals surface area (Å²) in [6.45, 7) is 0.375. The Morgan fingerprint density at radius 2 is 2.09 bits per heavy atom. The van der Waals surface area contributed by atoms with Crippen LogP contribution in [0.4, 0.5) is 5.69 Å². The number of thiophene rings is 1. The lowest BCUT2D eigenvalue weighted by molar-refractivity contribution is -0.121. The standard InChI is InChI=1S/C16H18N2O3S2/c1-23(20,21)18-9-8-14(13-6-2-3-7-15(13)18)17-16(19)11-12-5-4-10-22-12/h2-7,10,14H,8-9,11H2,1H3,(H,17,19). The summed E-state index contributed by atoms with van der Waals surface area (Å²) in [6.07, 6.45) is 2.13. The molecule has 0 saturated carbocycles. The van der Waals surface area contributed by atoms with Crippen LogP contribution in [-0.2, 0) is 21.2 Å². The highest BCUT2D eigenvalue weighted by Gasteiger charge is 2.30. The van der Waals surface area contributed by atoms with Gasteiger partial charge in [0.1, 0.15) is 0 Å². The van der Waals surface area contributed by atoms with E-state index in [1.807, 2.05) is 35.7 Å². The van der Waals surface area contributed by atoms with Crippen molar-refractivity contribution in [2.45, 2.75) is 18.9 Å². The second-order valence-corrected chi connectivity index (χ2v) is 8.50. The van der Waals surface area contributed by atoms with E-state index in [-0.39, 0.29) is 11.9 Å². The Labute approximate surface area is 140 Å². The summed E-state index contributed by atoms with van der Waals surface area (Å²) in [4.78, 5) is 13.2. The number of anilines is 1. The normalized spacial score (nSPS) is 17.6. The molecule has 2 aromatic rings. The summed E-state index contributed by atoms with van der Waals surface area (Å²) in [7, 11) is -3.31. The number of fused-ring (bicyclic) bond motifs is 1. The van der Waals surface area contributed by atoms with E-state index in [0.29, 0.717) is 25.1 Å². The average Bonchev–Trinajstić information content (AvgIpc) is 2.99. The number of carbonyl (C=O) groups is 1. The molecule has 1 amide bonds. The van der Waals surface area contributed by atoms with Crippen molar-refractivity contribution in [3.05, 3.63) is 52.2 Å². The number of amides is 1. The third-order valence-corrected chi connectivity index (χ3v) is 5.91. The van der Waals surface area contributed by atoms with Gasteiger partial charge in [-0.25, -0.2) is 8.42 Å². The van der Waals surface area contributed by atoms with E-state index in [2.05, 4.69) is 5.32 Å². The van der Waals surface area contributed by atoms with Crippen LogP contribution in [0, 0.1) is 0 Å². The smallest absolute Gasteiger partial charge is 0.232 e. The van der Waals surface area contributed by atoms with Gasteiger partial charge in [-0.1, -0.05) is 24.3 Å². The Hall–Kier alpha value is -1.86. The SMILES string of the molecule is CS(=O)(=O)N1CCC(NC(=O)Cc2cccs2)c2ccccc21. The summed E-state index contributed by atoms with van der Waals surface area (Å²) in [5.41, 5.74) is 1.51. The van der Waals surface area contributed by atoms with E-state index in [4.69, 9.17) is 0 Å². The zero-order valence-electron chi connectivity index (χ0n) is 12.7. The molecule has 0 bridgehead atoms. The number of benzene rings is 1. The maximum absolute atomic E-state index is 12.2.